The first-order valence-corrected chi connectivity index (χ1v) is 13.2. The molecule has 0 unspecified atom stereocenters. The standard InChI is InChI=1S/C28H25BrFN7O2/c29-22-14-23(30)16-24(15-22)31-28(39)37(25-12-10-20(11-13-25)19-4-2-1-3-5-19)17-18-6-8-21(9-7-18)26(38)32-27-33-35-36-34-27/h4,6-16H,1-3,5,17H2,(H,31,39)(H2,32,33,34,35,36,38). The van der Waals surface area contributed by atoms with E-state index in [0.29, 0.717) is 21.4 Å². The molecule has 5 rings (SSSR count). The maximum absolute atomic E-state index is 13.9. The first kappa shape index (κ1) is 26.2. The number of tetrazole rings is 1. The average molecular weight is 590 g/mol. The highest BCUT2D eigenvalue weighted by atomic mass is 79.9. The van der Waals surface area contributed by atoms with E-state index in [2.05, 4.69) is 53.3 Å². The summed E-state index contributed by atoms with van der Waals surface area (Å²) in [5, 5.41) is 18.4. The van der Waals surface area contributed by atoms with Gasteiger partial charge in [-0.25, -0.2) is 9.18 Å². The number of H-pyrrole nitrogens is 1. The SMILES string of the molecule is O=C(Nc1nn[nH]n1)c1ccc(CN(C(=O)Nc2cc(F)cc(Br)c2)c2ccc(C3=CCCCC3)cc2)cc1. The number of carbonyl (C=O) groups excluding carboxylic acids is 2. The molecule has 39 heavy (non-hydrogen) atoms. The number of amides is 3. The molecule has 3 N–H and O–H groups in total. The number of nitrogens with zero attached hydrogens (tertiary/aromatic N) is 4. The van der Waals surface area contributed by atoms with Crippen LogP contribution in [0.4, 0.5) is 26.5 Å². The van der Waals surface area contributed by atoms with E-state index in [0.717, 1.165) is 24.0 Å². The maximum Gasteiger partial charge on any atom is 0.326 e. The van der Waals surface area contributed by atoms with E-state index in [9.17, 15) is 14.0 Å². The van der Waals surface area contributed by atoms with E-state index in [4.69, 9.17) is 0 Å². The molecule has 198 valence electrons. The number of hydrogen-bond acceptors (Lipinski definition) is 5. The predicted molar refractivity (Wildman–Crippen MR) is 151 cm³/mol. The van der Waals surface area contributed by atoms with E-state index >= 15 is 0 Å². The highest BCUT2D eigenvalue weighted by molar-refractivity contribution is 9.10. The second-order valence-electron chi connectivity index (χ2n) is 9.08. The Balaban J connectivity index is 1.37. The van der Waals surface area contributed by atoms with Crippen molar-refractivity contribution in [2.45, 2.75) is 32.2 Å². The average Bonchev–Trinajstić information content (AvgIpc) is 3.45. The van der Waals surface area contributed by atoms with Gasteiger partial charge in [-0.1, -0.05) is 51.4 Å². The van der Waals surface area contributed by atoms with Crippen molar-refractivity contribution < 1.29 is 14.0 Å². The summed E-state index contributed by atoms with van der Waals surface area (Å²) in [4.78, 5) is 27.5. The molecule has 0 saturated carbocycles. The topological polar surface area (TPSA) is 116 Å². The molecule has 0 saturated heterocycles. The lowest BCUT2D eigenvalue weighted by Crippen LogP contribution is -2.34. The van der Waals surface area contributed by atoms with E-state index < -0.39 is 11.8 Å². The molecule has 0 radical (unpaired) electrons. The molecule has 9 nitrogen and oxygen atoms in total. The quantitative estimate of drug-likeness (QED) is 0.226. The number of benzene rings is 3. The highest BCUT2D eigenvalue weighted by Crippen LogP contribution is 2.29. The Bertz CT molecular complexity index is 1470. The number of urea groups is 1. The number of anilines is 3. The van der Waals surface area contributed by atoms with Crippen LogP contribution in [0.2, 0.25) is 0 Å². The van der Waals surface area contributed by atoms with Crippen molar-refractivity contribution in [2.75, 3.05) is 15.5 Å². The Labute approximate surface area is 232 Å². The molecule has 0 atom stereocenters. The normalized spacial score (nSPS) is 12.9. The molecule has 1 aliphatic rings. The Kier molecular flexibility index (Phi) is 8.07. The van der Waals surface area contributed by atoms with Crippen molar-refractivity contribution in [3.63, 3.8) is 0 Å². The molecule has 0 fully saturated rings. The Hall–Kier alpha value is -4.38. The summed E-state index contributed by atoms with van der Waals surface area (Å²) < 4.78 is 14.5. The van der Waals surface area contributed by atoms with Crippen LogP contribution in [0.15, 0.2) is 77.3 Å². The van der Waals surface area contributed by atoms with Crippen LogP contribution < -0.4 is 15.5 Å². The second-order valence-corrected chi connectivity index (χ2v) is 10.00. The zero-order valence-electron chi connectivity index (χ0n) is 20.8. The number of carbonyl (C=O) groups is 2. The summed E-state index contributed by atoms with van der Waals surface area (Å²) in [6, 6.07) is 18.5. The lowest BCUT2D eigenvalue weighted by molar-refractivity contribution is 0.102. The van der Waals surface area contributed by atoms with Crippen LogP contribution in [-0.4, -0.2) is 32.6 Å². The number of rotatable bonds is 7. The summed E-state index contributed by atoms with van der Waals surface area (Å²) in [7, 11) is 0. The van der Waals surface area contributed by atoms with Gasteiger partial charge in [-0.05, 0) is 90.1 Å². The lowest BCUT2D eigenvalue weighted by atomic mass is 9.93. The van der Waals surface area contributed by atoms with Crippen molar-refractivity contribution in [1.82, 2.24) is 20.6 Å². The smallest absolute Gasteiger partial charge is 0.307 e. The van der Waals surface area contributed by atoms with Gasteiger partial charge < -0.3 is 5.32 Å². The molecular weight excluding hydrogens is 565 g/mol. The number of nitrogens with one attached hydrogen (secondary N) is 3. The van der Waals surface area contributed by atoms with E-state index in [1.165, 1.54) is 30.5 Å². The zero-order chi connectivity index (χ0) is 27.2. The van der Waals surface area contributed by atoms with Gasteiger partial charge in [-0.2, -0.15) is 5.21 Å². The lowest BCUT2D eigenvalue weighted by Gasteiger charge is -2.24. The third kappa shape index (κ3) is 6.74. The van der Waals surface area contributed by atoms with Crippen molar-refractivity contribution in [3.8, 4) is 0 Å². The molecule has 0 spiro atoms. The van der Waals surface area contributed by atoms with Gasteiger partial charge in [0.1, 0.15) is 5.82 Å². The number of aromatic amines is 1. The molecule has 1 aliphatic carbocycles. The minimum atomic E-state index is -0.467. The van der Waals surface area contributed by atoms with Crippen LogP contribution in [0, 0.1) is 5.82 Å². The minimum Gasteiger partial charge on any atom is -0.307 e. The summed E-state index contributed by atoms with van der Waals surface area (Å²) in [5.41, 5.74) is 4.67. The Morgan fingerprint density at radius 3 is 2.46 bits per heavy atom. The van der Waals surface area contributed by atoms with Crippen LogP contribution in [0.25, 0.3) is 5.57 Å². The van der Waals surface area contributed by atoms with Gasteiger partial charge >= 0.3 is 6.03 Å². The summed E-state index contributed by atoms with van der Waals surface area (Å²) in [6.45, 7) is 0.219. The molecule has 0 bridgehead atoms. The highest BCUT2D eigenvalue weighted by Gasteiger charge is 2.19. The minimum absolute atomic E-state index is 0.0725. The van der Waals surface area contributed by atoms with E-state index in [1.807, 2.05) is 24.3 Å². The van der Waals surface area contributed by atoms with Crippen LogP contribution >= 0.6 is 15.9 Å². The number of halogens is 2. The van der Waals surface area contributed by atoms with E-state index in [-0.39, 0.29) is 18.4 Å². The van der Waals surface area contributed by atoms with Crippen LogP contribution in [0.5, 0.6) is 0 Å². The Morgan fingerprint density at radius 1 is 1.00 bits per heavy atom. The molecule has 4 aromatic rings. The number of hydrogen-bond donors (Lipinski definition) is 3. The van der Waals surface area contributed by atoms with Crippen LogP contribution in [0.1, 0.15) is 47.2 Å². The monoisotopic (exact) mass is 589 g/mol. The molecule has 0 aliphatic heterocycles. The first-order valence-electron chi connectivity index (χ1n) is 12.4. The van der Waals surface area contributed by atoms with Gasteiger partial charge in [0.05, 0.1) is 6.54 Å². The van der Waals surface area contributed by atoms with Crippen molar-refractivity contribution in [1.29, 1.82) is 0 Å². The predicted octanol–water partition coefficient (Wildman–Crippen LogP) is 6.55. The summed E-state index contributed by atoms with van der Waals surface area (Å²) in [5.74, 6) is -0.781. The fourth-order valence-corrected chi connectivity index (χ4v) is 4.85. The molecule has 3 aromatic carbocycles. The number of allylic oxidation sites excluding steroid dienone is 2. The first-order chi connectivity index (χ1) is 18.9. The van der Waals surface area contributed by atoms with Gasteiger partial charge in [-0.3, -0.25) is 15.0 Å². The van der Waals surface area contributed by atoms with Gasteiger partial charge in [0.25, 0.3) is 11.9 Å². The van der Waals surface area contributed by atoms with Gasteiger partial charge in [0, 0.05) is 21.4 Å². The van der Waals surface area contributed by atoms with Crippen LogP contribution in [0.3, 0.4) is 0 Å². The largest absolute Gasteiger partial charge is 0.326 e. The van der Waals surface area contributed by atoms with Crippen molar-refractivity contribution in [2.24, 2.45) is 0 Å². The summed E-state index contributed by atoms with van der Waals surface area (Å²) >= 11 is 3.27. The summed E-state index contributed by atoms with van der Waals surface area (Å²) in [6.07, 6.45) is 6.79. The zero-order valence-corrected chi connectivity index (χ0v) is 22.4. The van der Waals surface area contributed by atoms with Crippen molar-refractivity contribution >= 4 is 50.8 Å². The van der Waals surface area contributed by atoms with Crippen LogP contribution in [-0.2, 0) is 6.54 Å². The third-order valence-corrected chi connectivity index (χ3v) is 6.79. The fourth-order valence-electron chi connectivity index (χ4n) is 4.39. The maximum atomic E-state index is 13.9. The molecule has 11 heteroatoms. The van der Waals surface area contributed by atoms with Gasteiger partial charge in [-0.15, -0.1) is 5.10 Å². The van der Waals surface area contributed by atoms with E-state index in [1.54, 1.807) is 35.2 Å². The second kappa shape index (κ2) is 12.0. The molecule has 1 aromatic heterocycles. The Morgan fingerprint density at radius 2 is 1.79 bits per heavy atom. The van der Waals surface area contributed by atoms with Gasteiger partial charge in [0.2, 0.25) is 0 Å². The number of aromatic nitrogens is 4. The molecule has 3 amide bonds. The molecule has 1 heterocycles. The fraction of sp³-hybridized carbons (Fsp3) is 0.179. The van der Waals surface area contributed by atoms with Gasteiger partial charge in [0.15, 0.2) is 0 Å². The molecular formula is C28H25BrFN7O2. The third-order valence-electron chi connectivity index (χ3n) is 6.33. The van der Waals surface area contributed by atoms with Crippen molar-refractivity contribution in [3.05, 3.63) is 99.8 Å².